The standard InChI is InChI=1S/C23H28N4O.C8H10.2C2H6/c1-4-20-21(15-16(3)24-5-2)27-22(26-20)17-11-13-19(14-12-17)25-23(28)18-9-7-6-8-10-18;1-7-3-5-8(2)6-4-7;2*1-2/h4-5,11-15,18,24H,2-3,6-10H2,1H3,(H,25,28)(H,26,27);3-6H,1-2H3;2*1-2H3/b20-4+,21-15+;;;. The zero-order chi connectivity index (χ0) is 29.9. The Morgan fingerprint density at radius 3 is 1.98 bits per heavy atom. The van der Waals surface area contributed by atoms with Crippen LogP contribution in [0.5, 0.6) is 0 Å². The van der Waals surface area contributed by atoms with E-state index in [4.69, 9.17) is 0 Å². The third-order valence-corrected chi connectivity index (χ3v) is 6.26. The van der Waals surface area contributed by atoms with E-state index in [1.165, 1.54) is 17.5 Å². The molecule has 1 saturated carbocycles. The quantitative estimate of drug-likeness (QED) is 0.298. The molecule has 1 aromatic heterocycles. The minimum atomic E-state index is 0.137. The number of H-pyrrole nitrogens is 1. The number of rotatable bonds is 6. The monoisotopic (exact) mass is 542 g/mol. The first kappa shape index (κ1) is 34.2. The van der Waals surface area contributed by atoms with E-state index in [0.717, 1.165) is 59.2 Å². The van der Waals surface area contributed by atoms with Crippen molar-refractivity contribution < 1.29 is 4.79 Å². The Morgan fingerprint density at radius 1 is 0.925 bits per heavy atom. The zero-order valence-corrected chi connectivity index (χ0v) is 25.7. The largest absolute Gasteiger partial charge is 0.363 e. The van der Waals surface area contributed by atoms with Gasteiger partial charge in [0.2, 0.25) is 5.91 Å². The fourth-order valence-electron chi connectivity index (χ4n) is 4.17. The lowest BCUT2D eigenvalue weighted by molar-refractivity contribution is -0.120. The van der Waals surface area contributed by atoms with Crippen LogP contribution in [0.2, 0.25) is 0 Å². The molecular formula is C35H50N4O. The number of benzene rings is 2. The first-order chi connectivity index (χ1) is 19.4. The van der Waals surface area contributed by atoms with Crippen molar-refractivity contribution in [2.75, 3.05) is 5.32 Å². The van der Waals surface area contributed by atoms with Crippen LogP contribution in [-0.4, -0.2) is 15.9 Å². The molecule has 216 valence electrons. The van der Waals surface area contributed by atoms with Gasteiger partial charge in [-0.3, -0.25) is 4.79 Å². The van der Waals surface area contributed by atoms with E-state index >= 15 is 0 Å². The number of amides is 1. The van der Waals surface area contributed by atoms with Gasteiger partial charge in [0.05, 0.1) is 10.7 Å². The molecule has 0 bridgehead atoms. The minimum Gasteiger partial charge on any atom is -0.363 e. The van der Waals surface area contributed by atoms with E-state index in [1.807, 2.05) is 71.0 Å². The van der Waals surface area contributed by atoms with Crippen LogP contribution < -0.4 is 21.3 Å². The fraction of sp³-hybridized carbons (Fsp3) is 0.371. The number of nitrogens with zero attached hydrogens (tertiary/aromatic N) is 1. The summed E-state index contributed by atoms with van der Waals surface area (Å²) in [6.07, 6.45) is 11.0. The Labute approximate surface area is 242 Å². The molecular weight excluding hydrogens is 492 g/mol. The van der Waals surface area contributed by atoms with Gasteiger partial charge >= 0.3 is 0 Å². The van der Waals surface area contributed by atoms with Gasteiger partial charge in [-0.15, -0.1) is 0 Å². The highest BCUT2D eigenvalue weighted by atomic mass is 16.1. The second-order valence-corrected chi connectivity index (χ2v) is 9.25. The smallest absolute Gasteiger partial charge is 0.227 e. The summed E-state index contributed by atoms with van der Waals surface area (Å²) in [6.45, 7) is 21.7. The molecule has 1 aliphatic carbocycles. The van der Waals surface area contributed by atoms with Crippen molar-refractivity contribution >= 4 is 23.7 Å². The number of carbonyl (C=O) groups excluding carboxylic acids is 1. The van der Waals surface area contributed by atoms with Gasteiger partial charge in [-0.2, -0.15) is 0 Å². The Bertz CT molecular complexity index is 1260. The molecule has 0 atom stereocenters. The molecule has 3 N–H and O–H groups in total. The Morgan fingerprint density at radius 2 is 1.48 bits per heavy atom. The molecule has 5 heteroatoms. The number of allylic oxidation sites excluding steroid dienone is 1. The lowest BCUT2D eigenvalue weighted by atomic mass is 9.88. The number of aromatic nitrogens is 2. The van der Waals surface area contributed by atoms with Gasteiger partial charge < -0.3 is 15.6 Å². The highest BCUT2D eigenvalue weighted by molar-refractivity contribution is 5.92. The molecule has 0 aliphatic heterocycles. The van der Waals surface area contributed by atoms with Crippen molar-refractivity contribution in [3.63, 3.8) is 0 Å². The predicted octanol–water partition coefficient (Wildman–Crippen LogP) is 7.78. The molecule has 0 spiro atoms. The summed E-state index contributed by atoms with van der Waals surface area (Å²) in [5.41, 5.74) is 5.17. The summed E-state index contributed by atoms with van der Waals surface area (Å²) in [5.74, 6) is 1.06. The van der Waals surface area contributed by atoms with Crippen LogP contribution in [0.1, 0.15) is 77.8 Å². The number of carbonyl (C=O) groups is 1. The van der Waals surface area contributed by atoms with Gasteiger partial charge in [0.25, 0.3) is 0 Å². The molecule has 5 nitrogen and oxygen atoms in total. The van der Waals surface area contributed by atoms with Crippen LogP contribution in [-0.2, 0) is 4.79 Å². The lowest BCUT2D eigenvalue weighted by Gasteiger charge is -2.20. The minimum absolute atomic E-state index is 0.137. The highest BCUT2D eigenvalue weighted by Gasteiger charge is 2.21. The number of hydrogen-bond donors (Lipinski definition) is 3. The molecule has 40 heavy (non-hydrogen) atoms. The van der Waals surface area contributed by atoms with Crippen LogP contribution >= 0.6 is 0 Å². The van der Waals surface area contributed by atoms with Crippen molar-refractivity contribution in [3.05, 3.63) is 95.4 Å². The van der Waals surface area contributed by atoms with Crippen LogP contribution in [0.3, 0.4) is 0 Å². The molecule has 0 radical (unpaired) electrons. The number of anilines is 1. The maximum Gasteiger partial charge on any atom is 0.227 e. The summed E-state index contributed by atoms with van der Waals surface area (Å²) in [5, 5.41) is 7.75. The second kappa shape index (κ2) is 19.2. The first-order valence-corrected chi connectivity index (χ1v) is 14.6. The van der Waals surface area contributed by atoms with Crippen molar-refractivity contribution in [3.8, 4) is 11.4 Å². The van der Waals surface area contributed by atoms with Crippen LogP contribution in [0.4, 0.5) is 5.69 Å². The summed E-state index contributed by atoms with van der Waals surface area (Å²) in [4.78, 5) is 20.4. The predicted molar refractivity (Wildman–Crippen MR) is 174 cm³/mol. The topological polar surface area (TPSA) is 69.8 Å². The second-order valence-electron chi connectivity index (χ2n) is 9.25. The van der Waals surface area contributed by atoms with Gasteiger partial charge in [-0.25, -0.2) is 4.98 Å². The summed E-state index contributed by atoms with van der Waals surface area (Å²) in [6, 6.07) is 16.3. The molecule has 1 amide bonds. The third-order valence-electron chi connectivity index (χ3n) is 6.26. The number of aryl methyl sites for hydroxylation is 2. The fourth-order valence-corrected chi connectivity index (χ4v) is 4.17. The average Bonchev–Trinajstić information content (AvgIpc) is 3.40. The molecule has 1 heterocycles. The summed E-state index contributed by atoms with van der Waals surface area (Å²) < 4.78 is 0. The van der Waals surface area contributed by atoms with Crippen LogP contribution in [0, 0.1) is 19.8 Å². The zero-order valence-electron chi connectivity index (χ0n) is 25.7. The van der Waals surface area contributed by atoms with Crippen molar-refractivity contribution in [2.24, 2.45) is 5.92 Å². The molecule has 3 aromatic rings. The van der Waals surface area contributed by atoms with Crippen molar-refractivity contribution in [1.82, 2.24) is 15.3 Å². The molecule has 1 fully saturated rings. The van der Waals surface area contributed by atoms with Crippen LogP contribution in [0.25, 0.3) is 23.5 Å². The number of imidazole rings is 1. The molecule has 1 aliphatic rings. The van der Waals surface area contributed by atoms with Gasteiger partial charge in [0.15, 0.2) is 0 Å². The van der Waals surface area contributed by atoms with Crippen molar-refractivity contribution in [1.29, 1.82) is 0 Å². The Kier molecular flexibility index (Phi) is 16.4. The maximum atomic E-state index is 12.4. The number of hydrogen-bond acceptors (Lipinski definition) is 3. The maximum absolute atomic E-state index is 12.4. The van der Waals surface area contributed by atoms with E-state index < -0.39 is 0 Å². The average molecular weight is 543 g/mol. The van der Waals surface area contributed by atoms with E-state index in [9.17, 15) is 4.79 Å². The highest BCUT2D eigenvalue weighted by Crippen LogP contribution is 2.25. The molecule has 4 rings (SSSR count). The van der Waals surface area contributed by atoms with Gasteiger partial charge in [0.1, 0.15) is 5.82 Å². The van der Waals surface area contributed by atoms with E-state index in [1.54, 1.807) is 6.20 Å². The number of nitrogens with one attached hydrogen (secondary N) is 3. The van der Waals surface area contributed by atoms with E-state index in [0.29, 0.717) is 0 Å². The SMILES string of the molecule is C=CNC(=C)/C=c1/[nH]c(-c2ccc(NC(=O)C3CCCCC3)cc2)n/c1=C/C.CC.CC.Cc1ccc(C)cc1. The van der Waals surface area contributed by atoms with Gasteiger partial charge in [-0.05, 0) is 70.2 Å². The normalized spacial score (nSPS) is 13.4. The van der Waals surface area contributed by atoms with Crippen LogP contribution in [0.15, 0.2) is 73.6 Å². The third kappa shape index (κ3) is 11.5. The van der Waals surface area contributed by atoms with E-state index in [2.05, 4.69) is 71.9 Å². The molecule has 0 unspecified atom stereocenters. The summed E-state index contributed by atoms with van der Waals surface area (Å²) in [7, 11) is 0. The first-order valence-electron chi connectivity index (χ1n) is 14.6. The Hall–Kier alpha value is -3.86. The van der Waals surface area contributed by atoms with Gasteiger partial charge in [-0.1, -0.05) is 102 Å². The number of aromatic amines is 1. The lowest BCUT2D eigenvalue weighted by Crippen LogP contribution is -2.25. The Balaban J connectivity index is 0.000000561. The van der Waals surface area contributed by atoms with Crippen molar-refractivity contribution in [2.45, 2.75) is 80.6 Å². The summed E-state index contributed by atoms with van der Waals surface area (Å²) >= 11 is 0. The van der Waals surface area contributed by atoms with E-state index in [-0.39, 0.29) is 11.8 Å². The molecule has 0 saturated heterocycles. The van der Waals surface area contributed by atoms with Gasteiger partial charge in [0, 0.05) is 22.9 Å². The molecule has 2 aromatic carbocycles.